The Hall–Kier alpha value is -2.38. The second kappa shape index (κ2) is 5.55. The quantitative estimate of drug-likeness (QED) is 0.893. The van der Waals surface area contributed by atoms with E-state index in [2.05, 4.69) is 20.5 Å². The lowest BCUT2D eigenvalue weighted by Gasteiger charge is -2.26. The zero-order chi connectivity index (χ0) is 14.8. The third-order valence-electron chi connectivity index (χ3n) is 3.51. The molecule has 1 aliphatic heterocycles. The van der Waals surface area contributed by atoms with Crippen LogP contribution in [0.5, 0.6) is 0 Å². The van der Waals surface area contributed by atoms with Gasteiger partial charge in [-0.25, -0.2) is 14.5 Å². The monoisotopic (exact) mass is 289 g/mol. The van der Waals surface area contributed by atoms with Crippen molar-refractivity contribution < 1.29 is 4.79 Å². The smallest absolute Gasteiger partial charge is 0.318 e. The molecule has 0 unspecified atom stereocenters. The lowest BCUT2D eigenvalue weighted by atomic mass is 10.3. The van der Waals surface area contributed by atoms with E-state index >= 15 is 0 Å². The molecule has 0 radical (unpaired) electrons. The molecular weight excluding hydrogens is 270 g/mol. The Morgan fingerprint density at radius 1 is 1.43 bits per heavy atom. The molecule has 8 nitrogen and oxygen atoms in total. The maximum absolute atomic E-state index is 12.2. The number of aryl methyl sites for hydroxylation is 2. The normalized spacial score (nSPS) is 14.1. The molecule has 1 N–H and O–H groups in total. The summed E-state index contributed by atoms with van der Waals surface area (Å²) >= 11 is 0. The summed E-state index contributed by atoms with van der Waals surface area (Å²) in [6.45, 7) is 7.05. The Morgan fingerprint density at radius 3 is 3.05 bits per heavy atom. The van der Waals surface area contributed by atoms with Crippen LogP contribution < -0.4 is 5.32 Å². The zero-order valence-corrected chi connectivity index (χ0v) is 12.3. The maximum atomic E-state index is 12.2. The van der Waals surface area contributed by atoms with Crippen LogP contribution in [0, 0.1) is 6.92 Å². The van der Waals surface area contributed by atoms with Crippen LogP contribution in [-0.2, 0) is 26.2 Å². The molecule has 0 aliphatic carbocycles. The minimum Gasteiger partial charge on any atom is -0.334 e. The van der Waals surface area contributed by atoms with Gasteiger partial charge in [-0.05, 0) is 13.8 Å². The molecule has 0 fully saturated rings. The van der Waals surface area contributed by atoms with Gasteiger partial charge < -0.3 is 10.2 Å². The highest BCUT2D eigenvalue weighted by molar-refractivity contribution is 5.74. The predicted molar refractivity (Wildman–Crippen MR) is 75.3 cm³/mol. The molecule has 0 atom stereocenters. The molecular formula is C13H19N7O. The number of fused-ring (bicyclic) bond motifs is 1. The van der Waals surface area contributed by atoms with Crippen molar-refractivity contribution in [2.24, 2.45) is 0 Å². The van der Waals surface area contributed by atoms with Gasteiger partial charge in [0.25, 0.3) is 0 Å². The van der Waals surface area contributed by atoms with E-state index in [9.17, 15) is 4.79 Å². The molecule has 0 aromatic carbocycles. The third kappa shape index (κ3) is 2.88. The maximum Gasteiger partial charge on any atom is 0.318 e. The minimum atomic E-state index is -0.0776. The summed E-state index contributed by atoms with van der Waals surface area (Å²) in [7, 11) is 0. The van der Waals surface area contributed by atoms with Gasteiger partial charge >= 0.3 is 6.03 Å². The van der Waals surface area contributed by atoms with Crippen LogP contribution in [0.15, 0.2) is 12.4 Å². The Labute approximate surface area is 122 Å². The molecule has 0 spiro atoms. The van der Waals surface area contributed by atoms with E-state index < -0.39 is 0 Å². The summed E-state index contributed by atoms with van der Waals surface area (Å²) in [6.07, 6.45) is 3.72. The number of aromatic nitrogens is 5. The van der Waals surface area contributed by atoms with Crippen molar-refractivity contribution in [3.05, 3.63) is 29.6 Å². The number of nitrogens with zero attached hydrogens (tertiary/aromatic N) is 6. The molecule has 1 aliphatic rings. The molecule has 0 saturated carbocycles. The molecule has 0 bridgehead atoms. The lowest BCUT2D eigenvalue weighted by molar-refractivity contribution is 0.179. The van der Waals surface area contributed by atoms with Crippen molar-refractivity contribution in [3.8, 4) is 0 Å². The minimum absolute atomic E-state index is 0.0776. The summed E-state index contributed by atoms with van der Waals surface area (Å²) < 4.78 is 3.71. The standard InChI is InChI=1S/C13H19N7O/c1-3-19-8-11(7-15-19)6-14-13(21)18-4-5-20-12(9-18)16-10(2)17-20/h7-8H,3-6,9H2,1-2H3,(H,14,21). The average molecular weight is 289 g/mol. The van der Waals surface area contributed by atoms with Gasteiger partial charge in [-0.3, -0.25) is 4.68 Å². The fourth-order valence-corrected chi connectivity index (χ4v) is 2.39. The van der Waals surface area contributed by atoms with Crippen molar-refractivity contribution in [3.63, 3.8) is 0 Å². The van der Waals surface area contributed by atoms with E-state index in [0.29, 0.717) is 26.2 Å². The fraction of sp³-hybridized carbons (Fsp3) is 0.538. The first-order valence-corrected chi connectivity index (χ1v) is 7.10. The van der Waals surface area contributed by atoms with E-state index in [1.54, 1.807) is 11.1 Å². The number of amides is 2. The molecule has 3 rings (SSSR count). The van der Waals surface area contributed by atoms with Crippen molar-refractivity contribution >= 4 is 6.03 Å². The fourth-order valence-electron chi connectivity index (χ4n) is 2.39. The van der Waals surface area contributed by atoms with Crippen LogP contribution in [0.1, 0.15) is 24.1 Å². The second-order valence-corrected chi connectivity index (χ2v) is 5.08. The Bertz CT molecular complexity index is 645. The highest BCUT2D eigenvalue weighted by atomic mass is 16.2. The van der Waals surface area contributed by atoms with Crippen LogP contribution in [0.25, 0.3) is 0 Å². The predicted octanol–water partition coefficient (Wildman–Crippen LogP) is 0.528. The summed E-state index contributed by atoms with van der Waals surface area (Å²) in [5.74, 6) is 1.59. The van der Waals surface area contributed by atoms with Crippen LogP contribution in [0.2, 0.25) is 0 Å². The molecule has 2 aromatic rings. The molecule has 2 aromatic heterocycles. The Morgan fingerprint density at radius 2 is 2.29 bits per heavy atom. The molecule has 3 heterocycles. The van der Waals surface area contributed by atoms with Crippen molar-refractivity contribution in [2.75, 3.05) is 6.54 Å². The Kier molecular flexibility index (Phi) is 3.59. The molecule has 21 heavy (non-hydrogen) atoms. The number of hydrogen-bond donors (Lipinski definition) is 1. The van der Waals surface area contributed by atoms with Gasteiger partial charge in [0.05, 0.1) is 19.3 Å². The van der Waals surface area contributed by atoms with Crippen molar-refractivity contribution in [1.29, 1.82) is 0 Å². The summed E-state index contributed by atoms with van der Waals surface area (Å²) in [5.41, 5.74) is 1.00. The first-order valence-electron chi connectivity index (χ1n) is 7.10. The topological polar surface area (TPSA) is 80.9 Å². The zero-order valence-electron chi connectivity index (χ0n) is 12.3. The summed E-state index contributed by atoms with van der Waals surface area (Å²) in [6, 6.07) is -0.0776. The van der Waals surface area contributed by atoms with Gasteiger partial charge in [-0.2, -0.15) is 10.2 Å². The number of urea groups is 1. The van der Waals surface area contributed by atoms with E-state index in [-0.39, 0.29) is 6.03 Å². The third-order valence-corrected chi connectivity index (χ3v) is 3.51. The van der Waals surface area contributed by atoms with E-state index in [1.807, 2.05) is 29.4 Å². The largest absolute Gasteiger partial charge is 0.334 e. The summed E-state index contributed by atoms with van der Waals surface area (Å²) in [5, 5.41) is 11.4. The van der Waals surface area contributed by atoms with Crippen LogP contribution in [0.3, 0.4) is 0 Å². The Balaban J connectivity index is 1.56. The first-order chi connectivity index (χ1) is 10.2. The highest BCUT2D eigenvalue weighted by Gasteiger charge is 2.22. The van der Waals surface area contributed by atoms with E-state index in [0.717, 1.165) is 23.8 Å². The first kappa shape index (κ1) is 13.6. The molecule has 0 saturated heterocycles. The van der Waals surface area contributed by atoms with Crippen LogP contribution in [-0.4, -0.2) is 42.0 Å². The SMILES string of the molecule is CCn1cc(CNC(=O)N2CCn3nc(C)nc3C2)cn1. The number of nitrogens with one attached hydrogen (secondary N) is 1. The van der Waals surface area contributed by atoms with E-state index in [1.165, 1.54) is 0 Å². The molecule has 2 amide bonds. The van der Waals surface area contributed by atoms with Crippen molar-refractivity contribution in [1.82, 2.24) is 34.8 Å². The number of carbonyl (C=O) groups excluding carboxylic acids is 1. The van der Waals surface area contributed by atoms with Gasteiger partial charge in [0.2, 0.25) is 0 Å². The van der Waals surface area contributed by atoms with Gasteiger partial charge in [0, 0.05) is 31.4 Å². The highest BCUT2D eigenvalue weighted by Crippen LogP contribution is 2.10. The molecule has 8 heteroatoms. The van der Waals surface area contributed by atoms with Crippen LogP contribution >= 0.6 is 0 Å². The summed E-state index contributed by atoms with van der Waals surface area (Å²) in [4.78, 5) is 18.3. The van der Waals surface area contributed by atoms with Crippen molar-refractivity contribution in [2.45, 2.75) is 40.0 Å². The van der Waals surface area contributed by atoms with Crippen LogP contribution in [0.4, 0.5) is 4.79 Å². The number of carbonyl (C=O) groups is 1. The molecule has 112 valence electrons. The van der Waals surface area contributed by atoms with Gasteiger partial charge in [-0.15, -0.1) is 0 Å². The number of rotatable bonds is 3. The second-order valence-electron chi connectivity index (χ2n) is 5.08. The van der Waals surface area contributed by atoms with Gasteiger partial charge in [-0.1, -0.05) is 0 Å². The van der Waals surface area contributed by atoms with Gasteiger partial charge in [0.15, 0.2) is 0 Å². The van der Waals surface area contributed by atoms with E-state index in [4.69, 9.17) is 0 Å². The average Bonchev–Trinajstić information content (AvgIpc) is 3.08. The van der Waals surface area contributed by atoms with Gasteiger partial charge in [0.1, 0.15) is 11.6 Å². The lowest BCUT2D eigenvalue weighted by Crippen LogP contribution is -2.44. The number of hydrogen-bond acceptors (Lipinski definition) is 4.